The van der Waals surface area contributed by atoms with Gasteiger partial charge in [0.15, 0.2) is 0 Å². The number of para-hydroxylation sites is 1. The highest BCUT2D eigenvalue weighted by molar-refractivity contribution is 6.27. The number of aryl methyl sites for hydroxylation is 1. The zero-order valence-corrected chi connectivity index (χ0v) is 18.3. The number of carboxylic acids is 2. The molecule has 2 aromatic carbocycles. The van der Waals surface area contributed by atoms with Gasteiger partial charge in [-0.2, -0.15) is 0 Å². The minimum absolute atomic E-state index is 1.11. The average molecular weight is 449 g/mol. The van der Waals surface area contributed by atoms with E-state index >= 15 is 0 Å². The number of carboxylic acid groups (broad SMARTS) is 2. The fourth-order valence-corrected chi connectivity index (χ4v) is 4.39. The number of hydrogen-bond donors (Lipinski definition) is 4. The third kappa shape index (κ3) is 5.35. The molecule has 8 nitrogen and oxygen atoms in total. The fourth-order valence-electron chi connectivity index (χ4n) is 4.39. The average Bonchev–Trinajstić information content (AvgIpc) is 3.47. The highest BCUT2D eigenvalue weighted by atomic mass is 16.4. The zero-order chi connectivity index (χ0) is 23.2. The smallest absolute Gasteiger partial charge is 0.414 e. The van der Waals surface area contributed by atoms with Gasteiger partial charge in [-0.3, -0.25) is 4.90 Å². The number of anilines is 1. The number of nitrogens with one attached hydrogen (secondary N) is 2. The number of hydrogen-bond acceptors (Lipinski definition) is 4. The van der Waals surface area contributed by atoms with Crippen molar-refractivity contribution in [3.63, 3.8) is 0 Å². The van der Waals surface area contributed by atoms with E-state index in [2.05, 4.69) is 74.5 Å². The number of rotatable bonds is 5. The molecule has 0 atom stereocenters. The molecule has 0 unspecified atom stereocenters. The zero-order valence-electron chi connectivity index (χ0n) is 18.3. The maximum Gasteiger partial charge on any atom is 0.414 e. The summed E-state index contributed by atoms with van der Waals surface area (Å²) < 4.78 is 0. The molecule has 0 radical (unpaired) electrons. The molecule has 3 heterocycles. The van der Waals surface area contributed by atoms with Crippen molar-refractivity contribution in [1.82, 2.24) is 14.9 Å². The van der Waals surface area contributed by atoms with Crippen LogP contribution < -0.4 is 4.90 Å². The highest BCUT2D eigenvalue weighted by Gasteiger charge is 2.18. The predicted octanol–water partition coefficient (Wildman–Crippen LogP) is 3.56. The lowest BCUT2D eigenvalue weighted by Gasteiger charge is -2.36. The van der Waals surface area contributed by atoms with Crippen LogP contribution in [0, 0.1) is 0 Å². The van der Waals surface area contributed by atoms with Crippen LogP contribution >= 0.6 is 0 Å². The number of aromatic amines is 2. The van der Waals surface area contributed by atoms with E-state index < -0.39 is 11.9 Å². The summed E-state index contributed by atoms with van der Waals surface area (Å²) >= 11 is 0. The number of aliphatic carboxylic acids is 2. The molecule has 33 heavy (non-hydrogen) atoms. The molecule has 1 aliphatic rings. The third-order valence-electron chi connectivity index (χ3n) is 6.06. The summed E-state index contributed by atoms with van der Waals surface area (Å²) in [5.41, 5.74) is 5.30. The third-order valence-corrected chi connectivity index (χ3v) is 6.06. The SMILES string of the molecule is O=C(O)C(=O)O.c1ccc2c(CCCN3CCN(c4cccc5[nH]ccc45)CC3)c[nH]c2c1. The first-order valence-corrected chi connectivity index (χ1v) is 11.1. The van der Waals surface area contributed by atoms with Crippen molar-refractivity contribution in [2.75, 3.05) is 37.6 Å². The predicted molar refractivity (Wildman–Crippen MR) is 129 cm³/mol. The molecule has 4 aromatic rings. The number of benzene rings is 2. The molecule has 172 valence electrons. The second-order valence-corrected chi connectivity index (χ2v) is 8.12. The van der Waals surface area contributed by atoms with Crippen LogP contribution in [0.15, 0.2) is 60.9 Å². The molecule has 1 aliphatic heterocycles. The second kappa shape index (κ2) is 10.2. The second-order valence-electron chi connectivity index (χ2n) is 8.12. The first-order chi connectivity index (χ1) is 16.0. The van der Waals surface area contributed by atoms with Gasteiger partial charge in [0.2, 0.25) is 0 Å². The first-order valence-electron chi connectivity index (χ1n) is 11.1. The largest absolute Gasteiger partial charge is 0.473 e. The Morgan fingerprint density at radius 1 is 0.818 bits per heavy atom. The van der Waals surface area contributed by atoms with E-state index in [0.717, 1.165) is 32.6 Å². The van der Waals surface area contributed by atoms with Gasteiger partial charge in [0.25, 0.3) is 0 Å². The van der Waals surface area contributed by atoms with Gasteiger partial charge in [-0.05, 0) is 49.2 Å². The van der Waals surface area contributed by atoms with Crippen LogP contribution in [0.1, 0.15) is 12.0 Å². The van der Waals surface area contributed by atoms with Crippen molar-refractivity contribution in [2.45, 2.75) is 12.8 Å². The Morgan fingerprint density at radius 2 is 1.52 bits per heavy atom. The van der Waals surface area contributed by atoms with Crippen molar-refractivity contribution in [3.05, 3.63) is 66.5 Å². The van der Waals surface area contributed by atoms with Crippen LogP contribution in [0.2, 0.25) is 0 Å². The van der Waals surface area contributed by atoms with Crippen molar-refractivity contribution in [3.8, 4) is 0 Å². The van der Waals surface area contributed by atoms with Gasteiger partial charge in [0.05, 0.1) is 0 Å². The number of aromatic nitrogens is 2. The highest BCUT2D eigenvalue weighted by Crippen LogP contribution is 2.27. The van der Waals surface area contributed by atoms with E-state index in [9.17, 15) is 0 Å². The van der Waals surface area contributed by atoms with Gasteiger partial charge in [0.1, 0.15) is 0 Å². The van der Waals surface area contributed by atoms with E-state index in [1.54, 1.807) is 0 Å². The maximum atomic E-state index is 9.10. The molecule has 0 bridgehead atoms. The summed E-state index contributed by atoms with van der Waals surface area (Å²) in [7, 11) is 0. The molecular weight excluding hydrogens is 420 g/mol. The lowest BCUT2D eigenvalue weighted by molar-refractivity contribution is -0.159. The van der Waals surface area contributed by atoms with Crippen LogP contribution in [0.3, 0.4) is 0 Å². The van der Waals surface area contributed by atoms with E-state index in [1.807, 2.05) is 6.20 Å². The Bertz CT molecular complexity index is 1230. The van der Waals surface area contributed by atoms with Gasteiger partial charge in [0, 0.05) is 66.1 Å². The number of piperazine rings is 1. The molecule has 1 fully saturated rings. The molecule has 0 spiro atoms. The van der Waals surface area contributed by atoms with Gasteiger partial charge in [-0.25, -0.2) is 9.59 Å². The Hall–Kier alpha value is -3.78. The monoisotopic (exact) mass is 448 g/mol. The molecule has 4 N–H and O–H groups in total. The van der Waals surface area contributed by atoms with E-state index in [0.29, 0.717) is 0 Å². The summed E-state index contributed by atoms with van der Waals surface area (Å²) in [4.78, 5) is 30.1. The van der Waals surface area contributed by atoms with Crippen molar-refractivity contribution in [1.29, 1.82) is 0 Å². The molecule has 5 rings (SSSR count). The fraction of sp³-hybridized carbons (Fsp3) is 0.280. The number of carbonyl (C=O) groups is 2. The van der Waals surface area contributed by atoms with Crippen LogP contribution in [0.4, 0.5) is 5.69 Å². The topological polar surface area (TPSA) is 113 Å². The summed E-state index contributed by atoms with van der Waals surface area (Å²) in [5, 5.41) is 17.5. The van der Waals surface area contributed by atoms with E-state index in [-0.39, 0.29) is 0 Å². The van der Waals surface area contributed by atoms with Crippen molar-refractivity contribution < 1.29 is 19.8 Å². The van der Waals surface area contributed by atoms with Crippen molar-refractivity contribution >= 4 is 39.4 Å². The van der Waals surface area contributed by atoms with Gasteiger partial charge in [-0.1, -0.05) is 24.3 Å². The minimum Gasteiger partial charge on any atom is -0.473 e. The van der Waals surface area contributed by atoms with Gasteiger partial charge < -0.3 is 25.1 Å². The van der Waals surface area contributed by atoms with E-state index in [4.69, 9.17) is 19.8 Å². The van der Waals surface area contributed by atoms with Gasteiger partial charge >= 0.3 is 11.9 Å². The molecular formula is C25H28N4O4. The molecule has 0 aliphatic carbocycles. The quantitative estimate of drug-likeness (QED) is 0.347. The Kier molecular flexibility index (Phi) is 6.95. The summed E-state index contributed by atoms with van der Waals surface area (Å²) in [6, 6.07) is 17.4. The lowest BCUT2D eigenvalue weighted by atomic mass is 10.1. The molecule has 0 saturated carbocycles. The lowest BCUT2D eigenvalue weighted by Crippen LogP contribution is -2.46. The van der Waals surface area contributed by atoms with Crippen LogP contribution in [0.5, 0.6) is 0 Å². The molecule has 2 aromatic heterocycles. The number of nitrogens with zero attached hydrogens (tertiary/aromatic N) is 2. The van der Waals surface area contributed by atoms with Crippen LogP contribution in [-0.2, 0) is 16.0 Å². The normalized spacial score (nSPS) is 14.2. The van der Waals surface area contributed by atoms with Crippen LogP contribution in [-0.4, -0.2) is 69.7 Å². The van der Waals surface area contributed by atoms with E-state index in [1.165, 1.54) is 46.0 Å². The summed E-state index contributed by atoms with van der Waals surface area (Å²) in [6.07, 6.45) is 6.58. The molecule has 0 amide bonds. The number of fused-ring (bicyclic) bond motifs is 2. The first kappa shape index (κ1) is 22.4. The Morgan fingerprint density at radius 3 is 2.27 bits per heavy atom. The van der Waals surface area contributed by atoms with Crippen molar-refractivity contribution in [2.24, 2.45) is 0 Å². The maximum absolute atomic E-state index is 9.10. The van der Waals surface area contributed by atoms with Crippen LogP contribution in [0.25, 0.3) is 21.8 Å². The minimum atomic E-state index is -1.82. The summed E-state index contributed by atoms with van der Waals surface area (Å²) in [6.45, 7) is 5.69. The Balaban J connectivity index is 0.000000385. The Labute approximate surface area is 191 Å². The standard InChI is InChI=1S/C23H26N4.C2H2O4/c1-2-7-21-19(6-1)18(17-25-21)5-4-12-26-13-15-27(16-14-26)23-9-3-8-22-20(23)10-11-24-22;3-1(4)2(5)6/h1-3,6-11,17,24-25H,4-5,12-16H2;(H,3,4)(H,5,6). The molecule has 8 heteroatoms. The molecule has 1 saturated heterocycles. The number of H-pyrrole nitrogens is 2. The summed E-state index contributed by atoms with van der Waals surface area (Å²) in [5.74, 6) is -3.65. The van der Waals surface area contributed by atoms with Gasteiger partial charge in [-0.15, -0.1) is 0 Å².